The van der Waals surface area contributed by atoms with Crippen LogP contribution in [-0.4, -0.2) is 29.4 Å². The Balaban J connectivity index is 1.90. The van der Waals surface area contributed by atoms with Crippen LogP contribution in [0.25, 0.3) is 5.76 Å². The number of aliphatic hydroxyl groups is 1. The van der Waals surface area contributed by atoms with Crippen LogP contribution in [0.4, 0.5) is 10.1 Å². The van der Waals surface area contributed by atoms with E-state index in [1.54, 1.807) is 31.3 Å². The van der Waals surface area contributed by atoms with Gasteiger partial charge in [0.2, 0.25) is 6.41 Å². The minimum atomic E-state index is -1.20. The van der Waals surface area contributed by atoms with E-state index in [4.69, 9.17) is 9.47 Å². The van der Waals surface area contributed by atoms with Gasteiger partial charge in [0, 0.05) is 18.9 Å². The van der Waals surface area contributed by atoms with E-state index in [1.165, 1.54) is 18.2 Å². The molecule has 2 aromatic carbocycles. The second kappa shape index (κ2) is 11.7. The molecule has 6 nitrogen and oxygen atoms in total. The van der Waals surface area contributed by atoms with E-state index in [-0.39, 0.29) is 18.2 Å². The molecule has 0 aliphatic heterocycles. The summed E-state index contributed by atoms with van der Waals surface area (Å²) >= 11 is 0. The zero-order valence-corrected chi connectivity index (χ0v) is 17.7. The molecule has 32 heavy (non-hydrogen) atoms. The minimum Gasteiger partial charge on any atom is -0.487 e. The van der Waals surface area contributed by atoms with Gasteiger partial charge >= 0.3 is 0 Å². The summed E-state index contributed by atoms with van der Waals surface area (Å²) in [6.45, 7) is 2.32. The number of halogens is 1. The number of hydrogen-bond donors (Lipinski definition) is 2. The number of benzene rings is 2. The smallest absolute Gasteiger partial charge is 0.211 e. The first-order valence-electron chi connectivity index (χ1n) is 10.2. The number of ether oxygens (including phenoxy) is 2. The lowest BCUT2D eigenvalue weighted by atomic mass is 10.1. The number of anilines is 1. The van der Waals surface area contributed by atoms with Gasteiger partial charge in [-0.3, -0.25) is 9.78 Å². The summed E-state index contributed by atoms with van der Waals surface area (Å²) in [5.41, 5.74) is 3.43. The molecule has 3 aromatic rings. The van der Waals surface area contributed by atoms with Gasteiger partial charge in [-0.2, -0.15) is 0 Å². The zero-order valence-electron chi connectivity index (χ0n) is 17.7. The summed E-state index contributed by atoms with van der Waals surface area (Å²) in [4.78, 5) is 15.7. The summed E-state index contributed by atoms with van der Waals surface area (Å²) in [7, 11) is 0. The zero-order chi connectivity index (χ0) is 22.8. The van der Waals surface area contributed by atoms with Crippen molar-refractivity contribution < 1.29 is 23.8 Å². The van der Waals surface area contributed by atoms with Gasteiger partial charge in [-0.25, -0.2) is 4.39 Å². The van der Waals surface area contributed by atoms with Gasteiger partial charge in [-0.1, -0.05) is 42.5 Å². The minimum absolute atomic E-state index is 0.241. The first-order chi connectivity index (χ1) is 15.6. The maximum absolute atomic E-state index is 13.2. The van der Waals surface area contributed by atoms with E-state index < -0.39 is 6.29 Å². The van der Waals surface area contributed by atoms with Crippen LogP contribution in [-0.2, 0) is 27.3 Å². The topological polar surface area (TPSA) is 80.7 Å². The van der Waals surface area contributed by atoms with Crippen LogP contribution in [0.5, 0.6) is 0 Å². The summed E-state index contributed by atoms with van der Waals surface area (Å²) in [6.07, 6.45) is 2.92. The molecule has 1 amide bonds. The molecule has 1 unspecified atom stereocenters. The number of hydrogen-bond acceptors (Lipinski definition) is 5. The van der Waals surface area contributed by atoms with Crippen LogP contribution in [0.1, 0.15) is 29.3 Å². The number of pyridine rings is 1. The fourth-order valence-electron chi connectivity index (χ4n) is 3.09. The van der Waals surface area contributed by atoms with E-state index in [2.05, 4.69) is 10.3 Å². The predicted molar refractivity (Wildman–Crippen MR) is 120 cm³/mol. The SMILES string of the molecule is CCOC(O)/C=C(\OCc1ccccc1)c1ncc(Cc2ccc(F)cc2)cc1NC=O. The van der Waals surface area contributed by atoms with Gasteiger partial charge in [0.1, 0.15) is 23.9 Å². The highest BCUT2D eigenvalue weighted by Crippen LogP contribution is 2.26. The Hall–Kier alpha value is -3.55. The predicted octanol–water partition coefficient (Wildman–Crippen LogP) is 4.29. The number of carbonyl (C=O) groups excluding carboxylic acids is 1. The third-order valence-electron chi connectivity index (χ3n) is 4.58. The van der Waals surface area contributed by atoms with Crippen LogP contribution in [0.3, 0.4) is 0 Å². The van der Waals surface area contributed by atoms with Gasteiger partial charge in [0.25, 0.3) is 0 Å². The summed E-state index contributed by atoms with van der Waals surface area (Å²) in [5, 5.41) is 12.8. The third kappa shape index (κ3) is 6.73. The summed E-state index contributed by atoms with van der Waals surface area (Å²) in [6, 6.07) is 17.5. The number of nitrogens with one attached hydrogen (secondary N) is 1. The highest BCUT2D eigenvalue weighted by atomic mass is 19.1. The third-order valence-corrected chi connectivity index (χ3v) is 4.58. The molecule has 0 saturated carbocycles. The Morgan fingerprint density at radius 1 is 1.12 bits per heavy atom. The van der Waals surface area contributed by atoms with E-state index in [9.17, 15) is 14.3 Å². The first kappa shape index (κ1) is 23.1. The number of aromatic nitrogens is 1. The Kier molecular flexibility index (Phi) is 8.48. The fourth-order valence-corrected chi connectivity index (χ4v) is 3.09. The van der Waals surface area contributed by atoms with E-state index in [0.29, 0.717) is 30.8 Å². The van der Waals surface area contributed by atoms with E-state index in [1.807, 2.05) is 30.3 Å². The maximum Gasteiger partial charge on any atom is 0.211 e. The van der Waals surface area contributed by atoms with Crippen molar-refractivity contribution in [2.45, 2.75) is 26.2 Å². The molecule has 1 heterocycles. The molecule has 0 aliphatic carbocycles. The lowest BCUT2D eigenvalue weighted by molar-refractivity contribution is -0.105. The largest absolute Gasteiger partial charge is 0.487 e. The Morgan fingerprint density at radius 3 is 2.56 bits per heavy atom. The van der Waals surface area contributed by atoms with Crippen molar-refractivity contribution in [1.82, 2.24) is 4.98 Å². The Labute approximate surface area is 186 Å². The lowest BCUT2D eigenvalue weighted by Gasteiger charge is -2.16. The van der Waals surface area contributed by atoms with Gasteiger partial charge < -0.3 is 19.9 Å². The fraction of sp³-hybridized carbons (Fsp3) is 0.200. The number of nitrogens with zero attached hydrogens (tertiary/aromatic N) is 1. The van der Waals surface area contributed by atoms with Crippen molar-refractivity contribution in [2.24, 2.45) is 0 Å². The average Bonchev–Trinajstić information content (AvgIpc) is 2.80. The van der Waals surface area contributed by atoms with Crippen LogP contribution < -0.4 is 5.32 Å². The van der Waals surface area contributed by atoms with Gasteiger partial charge in [0.15, 0.2) is 6.29 Å². The van der Waals surface area contributed by atoms with Crippen LogP contribution in [0.15, 0.2) is 72.9 Å². The summed E-state index contributed by atoms with van der Waals surface area (Å²) < 4.78 is 24.3. The van der Waals surface area contributed by atoms with Crippen LogP contribution in [0, 0.1) is 5.82 Å². The highest BCUT2D eigenvalue weighted by molar-refractivity contribution is 5.79. The molecule has 2 N–H and O–H groups in total. The molecular weight excluding hydrogens is 411 g/mol. The van der Waals surface area contributed by atoms with Gasteiger partial charge in [-0.05, 0) is 48.2 Å². The van der Waals surface area contributed by atoms with Crippen molar-refractivity contribution in [3.8, 4) is 0 Å². The Bertz CT molecular complexity index is 1040. The first-order valence-corrected chi connectivity index (χ1v) is 10.2. The van der Waals surface area contributed by atoms with Crippen LogP contribution in [0.2, 0.25) is 0 Å². The second-order valence-corrected chi connectivity index (χ2v) is 6.96. The Morgan fingerprint density at radius 2 is 1.88 bits per heavy atom. The monoisotopic (exact) mass is 436 g/mol. The quantitative estimate of drug-likeness (QED) is 0.266. The molecule has 0 fully saturated rings. The number of carbonyl (C=O) groups is 1. The van der Waals surface area contributed by atoms with E-state index >= 15 is 0 Å². The maximum atomic E-state index is 13.2. The molecule has 1 aromatic heterocycles. The molecule has 7 heteroatoms. The van der Waals surface area contributed by atoms with Crippen molar-refractivity contribution in [3.05, 3.63) is 101 Å². The molecule has 0 saturated heterocycles. The number of amides is 1. The lowest BCUT2D eigenvalue weighted by Crippen LogP contribution is -2.11. The standard InChI is InChI=1S/C25H25FN2O4/c1-2-31-24(30)14-23(32-16-19-6-4-3-5-7-19)25-22(28-17-29)13-20(15-27-25)12-18-8-10-21(26)11-9-18/h3-11,13-15,17,24,30H,2,12,16H2,1H3,(H,28,29)/b23-14-. The highest BCUT2D eigenvalue weighted by Gasteiger charge is 2.15. The van der Waals surface area contributed by atoms with Gasteiger partial charge in [-0.15, -0.1) is 0 Å². The van der Waals surface area contributed by atoms with Crippen molar-refractivity contribution in [1.29, 1.82) is 0 Å². The van der Waals surface area contributed by atoms with Crippen LogP contribution >= 0.6 is 0 Å². The summed E-state index contributed by atoms with van der Waals surface area (Å²) in [5.74, 6) is -0.0313. The second-order valence-electron chi connectivity index (χ2n) is 6.96. The number of aliphatic hydroxyl groups excluding tert-OH is 1. The molecular formula is C25H25FN2O4. The van der Waals surface area contributed by atoms with Crippen molar-refractivity contribution in [3.63, 3.8) is 0 Å². The molecule has 1 atom stereocenters. The molecule has 0 bridgehead atoms. The van der Waals surface area contributed by atoms with Crippen molar-refractivity contribution in [2.75, 3.05) is 11.9 Å². The molecule has 0 spiro atoms. The molecule has 0 radical (unpaired) electrons. The number of rotatable bonds is 11. The van der Waals surface area contributed by atoms with Crippen molar-refractivity contribution >= 4 is 17.9 Å². The normalized spacial score (nSPS) is 12.3. The van der Waals surface area contributed by atoms with E-state index in [0.717, 1.165) is 16.7 Å². The molecule has 3 rings (SSSR count). The molecule has 0 aliphatic rings. The van der Waals surface area contributed by atoms with Gasteiger partial charge in [0.05, 0.1) is 5.69 Å². The average molecular weight is 436 g/mol. The molecule has 166 valence electrons.